The second-order valence-electron chi connectivity index (χ2n) is 6.49. The van der Waals surface area contributed by atoms with E-state index in [2.05, 4.69) is 19.8 Å². The number of rotatable bonds is 3. The molecule has 0 spiro atoms. The van der Waals surface area contributed by atoms with Crippen LogP contribution < -0.4 is 0 Å². The van der Waals surface area contributed by atoms with Gasteiger partial charge in [0.1, 0.15) is 10.7 Å². The van der Waals surface area contributed by atoms with Crippen LogP contribution in [0.5, 0.6) is 0 Å². The van der Waals surface area contributed by atoms with Crippen molar-refractivity contribution in [2.24, 2.45) is 0 Å². The summed E-state index contributed by atoms with van der Waals surface area (Å²) in [7, 11) is 0. The molecule has 26 heavy (non-hydrogen) atoms. The number of benzene rings is 1. The monoisotopic (exact) mass is 371 g/mol. The minimum Gasteiger partial charge on any atom is -0.337 e. The van der Waals surface area contributed by atoms with Gasteiger partial charge in [0.2, 0.25) is 0 Å². The summed E-state index contributed by atoms with van der Waals surface area (Å²) in [5, 5.41) is 11.4. The van der Waals surface area contributed by atoms with Crippen molar-refractivity contribution in [3.05, 3.63) is 52.4 Å². The van der Waals surface area contributed by atoms with Crippen molar-refractivity contribution in [1.82, 2.24) is 24.7 Å². The number of carbonyl (C=O) groups excluding carboxylic acids is 1. The van der Waals surface area contributed by atoms with Crippen LogP contribution in [-0.4, -0.2) is 43.7 Å². The Morgan fingerprint density at radius 1 is 1.35 bits per heavy atom. The van der Waals surface area contributed by atoms with E-state index in [1.54, 1.807) is 12.1 Å². The molecular weight excluding hydrogens is 353 g/mol. The molecule has 1 aliphatic heterocycles. The maximum atomic E-state index is 13.1. The fourth-order valence-electron chi connectivity index (χ4n) is 3.30. The van der Waals surface area contributed by atoms with Gasteiger partial charge in [-0.3, -0.25) is 9.89 Å². The lowest BCUT2D eigenvalue weighted by atomic mass is 9.94. The highest BCUT2D eigenvalue weighted by Gasteiger charge is 2.28. The highest BCUT2D eigenvalue weighted by Crippen LogP contribution is 2.29. The summed E-state index contributed by atoms with van der Waals surface area (Å²) in [4.78, 5) is 15.2. The number of likely N-dealkylation sites (tertiary alicyclic amines) is 1. The van der Waals surface area contributed by atoms with Crippen molar-refractivity contribution in [3.8, 4) is 11.3 Å². The zero-order chi connectivity index (χ0) is 18.1. The van der Waals surface area contributed by atoms with Crippen molar-refractivity contribution in [2.75, 3.05) is 13.1 Å². The van der Waals surface area contributed by atoms with Gasteiger partial charge in [0.25, 0.3) is 5.91 Å². The maximum Gasteiger partial charge on any atom is 0.267 e. The summed E-state index contributed by atoms with van der Waals surface area (Å²) in [6.45, 7) is 3.19. The predicted octanol–water partition coefficient (Wildman–Crippen LogP) is 3.40. The van der Waals surface area contributed by atoms with Crippen LogP contribution in [0.3, 0.4) is 0 Å². The van der Waals surface area contributed by atoms with Crippen molar-refractivity contribution in [1.29, 1.82) is 0 Å². The third-order valence-electron chi connectivity index (χ3n) is 4.73. The van der Waals surface area contributed by atoms with E-state index < -0.39 is 0 Å². The van der Waals surface area contributed by atoms with Gasteiger partial charge in [-0.25, -0.2) is 4.39 Å². The molecule has 0 unspecified atom stereocenters. The Morgan fingerprint density at radius 3 is 2.88 bits per heavy atom. The molecule has 8 heteroatoms. The first kappa shape index (κ1) is 16.8. The molecule has 1 saturated heterocycles. The quantitative estimate of drug-likeness (QED) is 0.766. The number of hydrogen-bond donors (Lipinski definition) is 1. The molecule has 6 nitrogen and oxygen atoms in total. The number of aryl methyl sites for hydroxylation is 1. The van der Waals surface area contributed by atoms with Crippen LogP contribution in [0, 0.1) is 12.7 Å². The molecule has 4 rings (SSSR count). The third-order valence-corrected chi connectivity index (χ3v) is 5.55. The van der Waals surface area contributed by atoms with Gasteiger partial charge in [0, 0.05) is 30.3 Å². The molecule has 1 aliphatic rings. The van der Waals surface area contributed by atoms with Crippen molar-refractivity contribution in [3.63, 3.8) is 0 Å². The number of carbonyl (C=O) groups is 1. The fraction of sp³-hybridized carbons (Fsp3) is 0.333. The topological polar surface area (TPSA) is 74.8 Å². The van der Waals surface area contributed by atoms with E-state index >= 15 is 0 Å². The molecule has 3 aromatic rings. The van der Waals surface area contributed by atoms with Gasteiger partial charge >= 0.3 is 0 Å². The van der Waals surface area contributed by atoms with Gasteiger partial charge in [-0.1, -0.05) is 4.49 Å². The van der Waals surface area contributed by atoms with E-state index in [0.29, 0.717) is 17.1 Å². The first-order valence-corrected chi connectivity index (χ1v) is 9.28. The zero-order valence-corrected chi connectivity index (χ0v) is 15.1. The average Bonchev–Trinajstić information content (AvgIpc) is 3.31. The number of piperidine rings is 1. The standard InChI is InChI=1S/C18H18FN5OS/c1-11-17(26-23-20-11)18(25)24-8-2-3-13(10-24)16-9-15(21-22-16)12-4-6-14(19)7-5-12/h4-7,9,13H,2-3,8,10H2,1H3,(H,21,22)/t13-/m0/s1. The van der Waals surface area contributed by atoms with Crippen molar-refractivity contribution >= 4 is 17.4 Å². The Balaban J connectivity index is 1.51. The number of aromatic amines is 1. The lowest BCUT2D eigenvalue weighted by Crippen LogP contribution is -2.39. The number of halogens is 1. The van der Waals surface area contributed by atoms with Gasteiger partial charge < -0.3 is 4.90 Å². The van der Waals surface area contributed by atoms with Gasteiger partial charge in [-0.15, -0.1) is 5.10 Å². The van der Waals surface area contributed by atoms with Gasteiger partial charge in [0.15, 0.2) is 0 Å². The van der Waals surface area contributed by atoms with E-state index in [-0.39, 0.29) is 17.6 Å². The fourth-order valence-corrected chi connectivity index (χ4v) is 3.93. The molecular formula is C18H18FN5OS. The van der Waals surface area contributed by atoms with Crippen molar-refractivity contribution < 1.29 is 9.18 Å². The second-order valence-corrected chi connectivity index (χ2v) is 7.25. The average molecular weight is 371 g/mol. The smallest absolute Gasteiger partial charge is 0.267 e. The van der Waals surface area contributed by atoms with E-state index in [1.807, 2.05) is 17.9 Å². The number of aromatic nitrogens is 4. The van der Waals surface area contributed by atoms with Crippen LogP contribution >= 0.6 is 11.5 Å². The van der Waals surface area contributed by atoms with Crippen LogP contribution in [0.4, 0.5) is 4.39 Å². The first-order chi connectivity index (χ1) is 12.6. The Hall–Kier alpha value is -2.61. The van der Waals surface area contributed by atoms with Crippen LogP contribution in [0.15, 0.2) is 30.3 Å². The van der Waals surface area contributed by atoms with E-state index in [4.69, 9.17) is 0 Å². The number of nitrogens with zero attached hydrogens (tertiary/aromatic N) is 4. The molecule has 0 aliphatic carbocycles. The molecule has 0 bridgehead atoms. The van der Waals surface area contributed by atoms with Crippen LogP contribution in [0.2, 0.25) is 0 Å². The summed E-state index contributed by atoms with van der Waals surface area (Å²) < 4.78 is 16.9. The number of H-pyrrole nitrogens is 1. The summed E-state index contributed by atoms with van der Waals surface area (Å²) in [5.74, 6) is -0.0603. The third kappa shape index (κ3) is 3.24. The van der Waals surface area contributed by atoms with E-state index in [9.17, 15) is 9.18 Å². The van der Waals surface area contributed by atoms with Crippen LogP contribution in [-0.2, 0) is 0 Å². The Bertz CT molecular complexity index is 920. The summed E-state index contributed by atoms with van der Waals surface area (Å²) in [6, 6.07) is 8.27. The Kier molecular flexibility index (Phi) is 4.50. The maximum absolute atomic E-state index is 13.1. The normalized spacial score (nSPS) is 17.5. The lowest BCUT2D eigenvalue weighted by Gasteiger charge is -2.31. The molecule has 2 aromatic heterocycles. The minimum atomic E-state index is -0.265. The first-order valence-electron chi connectivity index (χ1n) is 8.51. The van der Waals surface area contributed by atoms with Gasteiger partial charge in [-0.2, -0.15) is 5.10 Å². The van der Waals surface area contributed by atoms with Crippen molar-refractivity contribution in [2.45, 2.75) is 25.7 Å². The zero-order valence-electron chi connectivity index (χ0n) is 14.3. The molecule has 1 N–H and O–H groups in total. The molecule has 134 valence electrons. The number of amides is 1. The van der Waals surface area contributed by atoms with E-state index in [0.717, 1.165) is 47.9 Å². The van der Waals surface area contributed by atoms with Gasteiger partial charge in [-0.05, 0) is 61.6 Å². The minimum absolute atomic E-state index is 0.000438. The predicted molar refractivity (Wildman–Crippen MR) is 96.5 cm³/mol. The second kappa shape index (κ2) is 6.95. The number of hydrogen-bond acceptors (Lipinski definition) is 5. The molecule has 1 amide bonds. The SMILES string of the molecule is Cc1nnsc1C(=O)N1CCC[C@H](c2cc(-c3ccc(F)cc3)n[nH]2)C1. The highest BCUT2D eigenvalue weighted by molar-refractivity contribution is 7.07. The molecule has 3 heterocycles. The van der Waals surface area contributed by atoms with Crippen LogP contribution in [0.1, 0.15) is 39.8 Å². The molecule has 1 fully saturated rings. The van der Waals surface area contributed by atoms with Gasteiger partial charge in [0.05, 0.1) is 11.4 Å². The summed E-state index contributed by atoms with van der Waals surface area (Å²) in [5.41, 5.74) is 3.33. The highest BCUT2D eigenvalue weighted by atomic mass is 32.1. The largest absolute Gasteiger partial charge is 0.337 e. The molecule has 0 radical (unpaired) electrons. The van der Waals surface area contributed by atoms with E-state index in [1.165, 1.54) is 12.1 Å². The molecule has 1 atom stereocenters. The number of nitrogens with one attached hydrogen (secondary N) is 1. The van der Waals surface area contributed by atoms with Crippen LogP contribution in [0.25, 0.3) is 11.3 Å². The Labute approximate surface area is 154 Å². The summed E-state index contributed by atoms with van der Waals surface area (Å²) >= 11 is 1.15. The molecule has 0 saturated carbocycles. The summed E-state index contributed by atoms with van der Waals surface area (Å²) in [6.07, 6.45) is 1.93. The molecule has 1 aromatic carbocycles. The Morgan fingerprint density at radius 2 is 2.15 bits per heavy atom. The lowest BCUT2D eigenvalue weighted by molar-refractivity contribution is 0.0710.